The van der Waals surface area contributed by atoms with Gasteiger partial charge in [-0.05, 0) is 30.5 Å². The van der Waals surface area contributed by atoms with Gasteiger partial charge in [-0.3, -0.25) is 14.6 Å². The maximum absolute atomic E-state index is 12.9. The molecule has 6 heteroatoms. The number of hydrogen-bond acceptors (Lipinski definition) is 4. The van der Waals surface area contributed by atoms with Crippen molar-refractivity contribution >= 4 is 11.8 Å². The first-order valence-corrected chi connectivity index (χ1v) is 8.42. The third-order valence-electron chi connectivity index (χ3n) is 4.33. The van der Waals surface area contributed by atoms with Crippen molar-refractivity contribution in [1.82, 2.24) is 15.2 Å². The number of piperidine rings is 1. The molecule has 25 heavy (non-hydrogen) atoms. The smallest absolute Gasteiger partial charge is 0.247 e. The highest BCUT2D eigenvalue weighted by Gasteiger charge is 2.32. The summed E-state index contributed by atoms with van der Waals surface area (Å²) in [6, 6.07) is 11.8. The van der Waals surface area contributed by atoms with E-state index in [9.17, 15) is 14.7 Å². The minimum Gasteiger partial charge on any atom is -0.506 e. The average Bonchev–Trinajstić information content (AvgIpc) is 2.64. The van der Waals surface area contributed by atoms with Crippen LogP contribution in [0.15, 0.2) is 48.7 Å². The molecule has 1 aliphatic heterocycles. The highest BCUT2D eigenvalue weighted by atomic mass is 16.3. The van der Waals surface area contributed by atoms with Crippen LogP contribution in [-0.2, 0) is 16.1 Å². The van der Waals surface area contributed by atoms with Gasteiger partial charge in [0, 0.05) is 19.2 Å². The van der Waals surface area contributed by atoms with Gasteiger partial charge >= 0.3 is 0 Å². The predicted octanol–water partition coefficient (Wildman–Crippen LogP) is 2.16. The van der Waals surface area contributed by atoms with Crippen molar-refractivity contribution in [3.8, 4) is 5.75 Å². The molecule has 1 aromatic carbocycles. The zero-order valence-electron chi connectivity index (χ0n) is 13.9. The molecule has 2 heterocycles. The SMILES string of the molecule is O=C(NCc1ncccc1O)[C@@H](c1ccccc1)N1CCCCC1=O. The molecule has 1 fully saturated rings. The van der Waals surface area contributed by atoms with Crippen LogP contribution >= 0.6 is 0 Å². The molecule has 1 aromatic heterocycles. The summed E-state index contributed by atoms with van der Waals surface area (Å²) >= 11 is 0. The molecule has 2 amide bonds. The number of amides is 2. The summed E-state index contributed by atoms with van der Waals surface area (Å²) in [5.41, 5.74) is 1.17. The highest BCUT2D eigenvalue weighted by molar-refractivity contribution is 5.89. The Morgan fingerprint density at radius 3 is 2.72 bits per heavy atom. The van der Waals surface area contributed by atoms with Crippen LogP contribution in [-0.4, -0.2) is 33.3 Å². The first-order valence-electron chi connectivity index (χ1n) is 8.42. The lowest BCUT2D eigenvalue weighted by Crippen LogP contribution is -2.45. The van der Waals surface area contributed by atoms with Gasteiger partial charge in [0.05, 0.1) is 6.54 Å². The number of hydrogen-bond donors (Lipinski definition) is 2. The van der Waals surface area contributed by atoms with E-state index >= 15 is 0 Å². The van der Waals surface area contributed by atoms with Crippen LogP contribution in [0.5, 0.6) is 5.75 Å². The monoisotopic (exact) mass is 339 g/mol. The topological polar surface area (TPSA) is 82.5 Å². The van der Waals surface area contributed by atoms with Gasteiger partial charge in [0.2, 0.25) is 11.8 Å². The molecule has 0 spiro atoms. The van der Waals surface area contributed by atoms with Crippen molar-refractivity contribution in [2.24, 2.45) is 0 Å². The number of carbonyl (C=O) groups is 2. The van der Waals surface area contributed by atoms with Crippen LogP contribution in [0.2, 0.25) is 0 Å². The van der Waals surface area contributed by atoms with E-state index in [0.29, 0.717) is 18.7 Å². The summed E-state index contributed by atoms with van der Waals surface area (Å²) in [6.07, 6.45) is 3.78. The fraction of sp³-hybridized carbons (Fsp3) is 0.316. The molecule has 1 aliphatic rings. The number of aromatic hydroxyl groups is 1. The highest BCUT2D eigenvalue weighted by Crippen LogP contribution is 2.26. The number of nitrogens with zero attached hydrogens (tertiary/aromatic N) is 2. The summed E-state index contributed by atoms with van der Waals surface area (Å²) in [6.45, 7) is 0.678. The summed E-state index contributed by atoms with van der Waals surface area (Å²) < 4.78 is 0. The van der Waals surface area contributed by atoms with Crippen molar-refractivity contribution < 1.29 is 14.7 Å². The van der Waals surface area contributed by atoms with Crippen LogP contribution in [0.4, 0.5) is 0 Å². The van der Waals surface area contributed by atoms with Gasteiger partial charge in [-0.2, -0.15) is 0 Å². The fourth-order valence-corrected chi connectivity index (χ4v) is 3.04. The average molecular weight is 339 g/mol. The lowest BCUT2D eigenvalue weighted by Gasteiger charge is -2.34. The van der Waals surface area contributed by atoms with E-state index in [-0.39, 0.29) is 24.1 Å². The van der Waals surface area contributed by atoms with Crippen LogP contribution in [0.3, 0.4) is 0 Å². The standard InChI is InChI=1S/C19H21N3O3/c23-16-9-6-11-20-15(16)13-21-19(25)18(14-7-2-1-3-8-14)22-12-5-4-10-17(22)24/h1-3,6-9,11,18,23H,4-5,10,12-13H2,(H,21,25)/t18-/m1/s1. The first kappa shape index (κ1) is 17.0. The molecule has 0 unspecified atom stereocenters. The van der Waals surface area contributed by atoms with Crippen LogP contribution < -0.4 is 5.32 Å². The molecular weight excluding hydrogens is 318 g/mol. The molecule has 6 nitrogen and oxygen atoms in total. The van der Waals surface area contributed by atoms with Gasteiger partial charge in [0.1, 0.15) is 17.5 Å². The molecule has 0 aliphatic carbocycles. The van der Waals surface area contributed by atoms with E-state index in [1.54, 1.807) is 17.2 Å². The Morgan fingerprint density at radius 1 is 1.20 bits per heavy atom. The Bertz CT molecular complexity index is 749. The number of likely N-dealkylation sites (tertiary alicyclic amines) is 1. The quantitative estimate of drug-likeness (QED) is 0.874. The van der Waals surface area contributed by atoms with Crippen molar-refractivity contribution in [2.75, 3.05) is 6.54 Å². The molecule has 1 saturated heterocycles. The zero-order chi connectivity index (χ0) is 17.6. The predicted molar refractivity (Wildman–Crippen MR) is 92.5 cm³/mol. The molecule has 2 aromatic rings. The number of pyridine rings is 1. The third-order valence-corrected chi connectivity index (χ3v) is 4.33. The normalized spacial score (nSPS) is 15.7. The summed E-state index contributed by atoms with van der Waals surface area (Å²) in [5.74, 6) is -0.240. The molecular formula is C19H21N3O3. The van der Waals surface area contributed by atoms with Gasteiger partial charge in [-0.15, -0.1) is 0 Å². The molecule has 1 atom stereocenters. The second kappa shape index (κ2) is 7.79. The Hall–Kier alpha value is -2.89. The number of benzene rings is 1. The Balaban J connectivity index is 1.80. The molecule has 130 valence electrons. The Labute approximate surface area is 146 Å². The van der Waals surface area contributed by atoms with Gasteiger partial charge in [0.25, 0.3) is 0 Å². The maximum Gasteiger partial charge on any atom is 0.247 e. The zero-order valence-corrected chi connectivity index (χ0v) is 13.9. The van der Waals surface area contributed by atoms with Gasteiger partial charge in [-0.1, -0.05) is 30.3 Å². The molecule has 0 radical (unpaired) electrons. The molecule has 0 bridgehead atoms. The Morgan fingerprint density at radius 2 is 2.00 bits per heavy atom. The van der Waals surface area contributed by atoms with Crippen LogP contribution in [0, 0.1) is 0 Å². The second-order valence-corrected chi connectivity index (χ2v) is 6.04. The number of aromatic nitrogens is 1. The number of rotatable bonds is 5. The summed E-state index contributed by atoms with van der Waals surface area (Å²) in [7, 11) is 0. The van der Waals surface area contributed by atoms with Gasteiger partial charge < -0.3 is 15.3 Å². The van der Waals surface area contributed by atoms with E-state index in [1.165, 1.54) is 6.07 Å². The first-order chi connectivity index (χ1) is 12.2. The lowest BCUT2D eigenvalue weighted by molar-refractivity contribution is -0.142. The summed E-state index contributed by atoms with van der Waals surface area (Å²) in [5, 5.41) is 12.6. The third kappa shape index (κ3) is 3.96. The van der Waals surface area contributed by atoms with Crippen molar-refractivity contribution in [1.29, 1.82) is 0 Å². The number of carbonyl (C=O) groups excluding carboxylic acids is 2. The lowest BCUT2D eigenvalue weighted by atomic mass is 10.0. The van der Waals surface area contributed by atoms with E-state index in [2.05, 4.69) is 10.3 Å². The van der Waals surface area contributed by atoms with Crippen molar-refractivity contribution in [2.45, 2.75) is 31.8 Å². The molecule has 2 N–H and O–H groups in total. The van der Waals surface area contributed by atoms with Crippen LogP contribution in [0.1, 0.15) is 36.6 Å². The largest absolute Gasteiger partial charge is 0.506 e. The van der Waals surface area contributed by atoms with E-state index in [1.807, 2.05) is 30.3 Å². The van der Waals surface area contributed by atoms with E-state index in [0.717, 1.165) is 18.4 Å². The Kier molecular flexibility index (Phi) is 5.28. The molecule has 3 rings (SSSR count). The van der Waals surface area contributed by atoms with Gasteiger partial charge in [-0.25, -0.2) is 0 Å². The number of nitrogens with one attached hydrogen (secondary N) is 1. The minimum absolute atomic E-state index is 0.00376. The fourth-order valence-electron chi connectivity index (χ4n) is 3.04. The summed E-state index contributed by atoms with van der Waals surface area (Å²) in [4.78, 5) is 30.9. The van der Waals surface area contributed by atoms with Crippen molar-refractivity contribution in [3.63, 3.8) is 0 Å². The second-order valence-electron chi connectivity index (χ2n) is 6.04. The maximum atomic E-state index is 12.9. The van der Waals surface area contributed by atoms with Crippen LogP contribution in [0.25, 0.3) is 0 Å². The van der Waals surface area contributed by atoms with Crippen molar-refractivity contribution in [3.05, 3.63) is 59.9 Å². The van der Waals surface area contributed by atoms with Gasteiger partial charge in [0.15, 0.2) is 0 Å². The van der Waals surface area contributed by atoms with E-state index in [4.69, 9.17) is 0 Å². The minimum atomic E-state index is -0.667. The van der Waals surface area contributed by atoms with E-state index < -0.39 is 6.04 Å². The molecule has 0 saturated carbocycles.